The summed E-state index contributed by atoms with van der Waals surface area (Å²) in [5, 5.41) is 12.5. The summed E-state index contributed by atoms with van der Waals surface area (Å²) in [6, 6.07) is 7.92. The Morgan fingerprint density at radius 1 is 1.31 bits per heavy atom. The third-order valence-electron chi connectivity index (χ3n) is 6.86. The fraction of sp³-hybridized carbons (Fsp3) is 0.667. The summed E-state index contributed by atoms with van der Waals surface area (Å²) >= 11 is 0. The van der Waals surface area contributed by atoms with E-state index in [1.54, 1.807) is 0 Å². The minimum absolute atomic E-state index is 0.0371. The van der Waals surface area contributed by atoms with E-state index in [1.807, 2.05) is 24.3 Å². The lowest BCUT2D eigenvalue weighted by atomic mass is 9.68. The third-order valence-corrected chi connectivity index (χ3v) is 11.4. The van der Waals surface area contributed by atoms with Gasteiger partial charge in [-0.2, -0.15) is 0 Å². The van der Waals surface area contributed by atoms with Crippen LogP contribution in [0.5, 0.6) is 0 Å². The molecule has 0 radical (unpaired) electrons. The highest BCUT2D eigenvalue weighted by Gasteiger charge is 2.51. The number of aliphatic hydroxyl groups is 1. The Bertz CT molecular complexity index is 636. The van der Waals surface area contributed by atoms with Gasteiger partial charge in [0.1, 0.15) is 0 Å². The first-order valence-corrected chi connectivity index (χ1v) is 12.5. The molecule has 4 nitrogen and oxygen atoms in total. The van der Waals surface area contributed by atoms with Gasteiger partial charge in [0.15, 0.2) is 8.32 Å². The van der Waals surface area contributed by atoms with Crippen molar-refractivity contribution in [2.75, 3.05) is 13.2 Å². The van der Waals surface area contributed by atoms with E-state index in [4.69, 9.17) is 4.43 Å². The number of benzene rings is 1. The van der Waals surface area contributed by atoms with Crippen molar-refractivity contribution in [1.29, 1.82) is 0 Å². The number of hydrogen-bond donors (Lipinski definition) is 2. The summed E-state index contributed by atoms with van der Waals surface area (Å²) in [6.07, 6.45) is 0. The molecule has 1 amide bonds. The number of aliphatic hydroxyl groups excluding tert-OH is 1. The predicted molar refractivity (Wildman–Crippen MR) is 109 cm³/mol. The van der Waals surface area contributed by atoms with Crippen LogP contribution < -0.4 is 5.32 Å². The number of amides is 1. The van der Waals surface area contributed by atoms with Crippen molar-refractivity contribution in [3.05, 3.63) is 35.4 Å². The van der Waals surface area contributed by atoms with Crippen LogP contribution in [0.15, 0.2) is 24.3 Å². The van der Waals surface area contributed by atoms with Gasteiger partial charge < -0.3 is 14.8 Å². The quantitative estimate of drug-likeness (QED) is 0.735. The van der Waals surface area contributed by atoms with E-state index >= 15 is 0 Å². The largest absolute Gasteiger partial charge is 0.416 e. The van der Waals surface area contributed by atoms with Crippen LogP contribution in [0.1, 0.15) is 51.7 Å². The zero-order chi connectivity index (χ0) is 19.8. The Morgan fingerprint density at radius 3 is 2.38 bits per heavy atom. The van der Waals surface area contributed by atoms with Gasteiger partial charge >= 0.3 is 0 Å². The molecule has 1 aliphatic heterocycles. The Balaban J connectivity index is 2.21. The van der Waals surface area contributed by atoms with Crippen LogP contribution in [0, 0.1) is 11.3 Å². The molecule has 1 unspecified atom stereocenters. The van der Waals surface area contributed by atoms with Crippen LogP contribution in [0.25, 0.3) is 0 Å². The smallest absolute Gasteiger partial charge is 0.226 e. The highest BCUT2D eigenvalue weighted by atomic mass is 28.4. The topological polar surface area (TPSA) is 58.6 Å². The van der Waals surface area contributed by atoms with Crippen LogP contribution in [-0.2, 0) is 15.8 Å². The maximum atomic E-state index is 12.8. The number of hydrogen-bond acceptors (Lipinski definition) is 3. The normalized spacial score (nSPS) is 25.2. The molecule has 0 saturated carbocycles. The molecule has 2 N–H and O–H groups in total. The SMILES string of the molecule is CC(c1ccc(CO)cc1)[C@@]1(C)C(=O)NC[C@@H]1CO[Si](C)(C)C(C)(C)C. The van der Waals surface area contributed by atoms with Crippen LogP contribution >= 0.6 is 0 Å². The molecule has 0 aliphatic carbocycles. The Hall–Kier alpha value is -1.17. The number of rotatable bonds is 6. The molecular formula is C21H35NO3Si. The highest BCUT2D eigenvalue weighted by molar-refractivity contribution is 6.74. The summed E-state index contributed by atoms with van der Waals surface area (Å²) in [6.45, 7) is 16.7. The summed E-state index contributed by atoms with van der Waals surface area (Å²) < 4.78 is 6.46. The van der Waals surface area contributed by atoms with Gasteiger partial charge in [0.05, 0.1) is 12.0 Å². The molecule has 26 heavy (non-hydrogen) atoms. The van der Waals surface area contributed by atoms with E-state index < -0.39 is 13.7 Å². The van der Waals surface area contributed by atoms with E-state index in [0.29, 0.717) is 13.2 Å². The van der Waals surface area contributed by atoms with Crippen molar-refractivity contribution >= 4 is 14.2 Å². The lowest BCUT2D eigenvalue weighted by Gasteiger charge is -2.40. The second-order valence-electron chi connectivity index (χ2n) is 9.38. The molecule has 2 rings (SSSR count). The van der Waals surface area contributed by atoms with Gasteiger partial charge in [-0.05, 0) is 42.1 Å². The molecule has 0 spiro atoms. The molecule has 146 valence electrons. The molecule has 1 aromatic carbocycles. The molecule has 1 heterocycles. The van der Waals surface area contributed by atoms with Crippen molar-refractivity contribution in [2.24, 2.45) is 11.3 Å². The molecule has 0 bridgehead atoms. The van der Waals surface area contributed by atoms with Gasteiger partial charge in [0.25, 0.3) is 0 Å². The minimum Gasteiger partial charge on any atom is -0.416 e. The van der Waals surface area contributed by atoms with Gasteiger partial charge in [-0.25, -0.2) is 0 Å². The fourth-order valence-corrected chi connectivity index (χ4v) is 4.42. The fourth-order valence-electron chi connectivity index (χ4n) is 3.37. The molecular weight excluding hydrogens is 342 g/mol. The third kappa shape index (κ3) is 3.90. The molecule has 5 heteroatoms. The first kappa shape index (κ1) is 21.1. The molecule has 0 aromatic heterocycles. The maximum Gasteiger partial charge on any atom is 0.226 e. The van der Waals surface area contributed by atoms with Crippen molar-refractivity contribution in [3.8, 4) is 0 Å². The van der Waals surface area contributed by atoms with Crippen molar-refractivity contribution in [1.82, 2.24) is 5.32 Å². The van der Waals surface area contributed by atoms with Crippen LogP contribution in [0.2, 0.25) is 18.1 Å². The van der Waals surface area contributed by atoms with Gasteiger partial charge in [0, 0.05) is 19.1 Å². The minimum atomic E-state index is -1.85. The van der Waals surface area contributed by atoms with E-state index in [0.717, 1.165) is 11.1 Å². The molecule has 3 atom stereocenters. The number of nitrogens with one attached hydrogen (secondary N) is 1. The van der Waals surface area contributed by atoms with E-state index in [9.17, 15) is 9.90 Å². The first-order chi connectivity index (χ1) is 11.9. The van der Waals surface area contributed by atoms with Gasteiger partial charge in [-0.15, -0.1) is 0 Å². The Morgan fingerprint density at radius 2 is 1.88 bits per heavy atom. The van der Waals surface area contributed by atoms with Crippen molar-refractivity contribution in [2.45, 2.75) is 65.3 Å². The van der Waals surface area contributed by atoms with Crippen molar-refractivity contribution < 1.29 is 14.3 Å². The lowest BCUT2D eigenvalue weighted by molar-refractivity contribution is -0.129. The summed E-state index contributed by atoms with van der Waals surface area (Å²) in [4.78, 5) is 12.8. The summed E-state index contributed by atoms with van der Waals surface area (Å²) in [5.41, 5.74) is 1.52. The Kier molecular flexibility index (Phi) is 6.05. The average molecular weight is 378 g/mol. The molecule has 1 aliphatic rings. The van der Waals surface area contributed by atoms with Gasteiger partial charge in [-0.1, -0.05) is 52.0 Å². The van der Waals surface area contributed by atoms with Gasteiger partial charge in [-0.3, -0.25) is 4.79 Å². The first-order valence-electron chi connectivity index (χ1n) is 9.55. The van der Waals surface area contributed by atoms with E-state index in [2.05, 4.69) is 53.0 Å². The zero-order valence-electron chi connectivity index (χ0n) is 17.3. The molecule has 1 fully saturated rings. The number of carbonyl (C=O) groups is 1. The second-order valence-corrected chi connectivity index (χ2v) is 14.2. The van der Waals surface area contributed by atoms with E-state index in [1.165, 1.54) is 0 Å². The number of carbonyl (C=O) groups excluding carboxylic acids is 1. The van der Waals surface area contributed by atoms with Crippen LogP contribution in [0.3, 0.4) is 0 Å². The van der Waals surface area contributed by atoms with E-state index in [-0.39, 0.29) is 29.4 Å². The van der Waals surface area contributed by atoms with Gasteiger partial charge in [0.2, 0.25) is 5.91 Å². The van der Waals surface area contributed by atoms with Crippen LogP contribution in [0.4, 0.5) is 0 Å². The second kappa shape index (κ2) is 7.45. The van der Waals surface area contributed by atoms with Crippen molar-refractivity contribution in [3.63, 3.8) is 0 Å². The zero-order valence-corrected chi connectivity index (χ0v) is 18.3. The maximum absolute atomic E-state index is 12.8. The predicted octanol–water partition coefficient (Wildman–Crippen LogP) is 4.06. The summed E-state index contributed by atoms with van der Waals surface area (Å²) in [5.74, 6) is 0.336. The Labute approximate surface area is 159 Å². The van der Waals surface area contributed by atoms with Crippen LogP contribution in [-0.4, -0.2) is 32.5 Å². The summed E-state index contributed by atoms with van der Waals surface area (Å²) in [7, 11) is -1.85. The highest BCUT2D eigenvalue weighted by Crippen LogP contribution is 2.46. The molecule has 1 aromatic rings. The standard InChI is InChI=1S/C21H35NO3Si/c1-15(17-10-8-16(13-23)9-11-17)21(5)18(12-22-19(21)24)14-25-26(6,7)20(2,3)4/h8-11,15,18,23H,12-14H2,1-7H3,(H,22,24)/t15?,18-,21-/m1/s1. The molecule has 1 saturated heterocycles. The lowest BCUT2D eigenvalue weighted by Crippen LogP contribution is -2.45. The average Bonchev–Trinajstić information content (AvgIpc) is 2.87. The monoisotopic (exact) mass is 377 g/mol.